The van der Waals surface area contributed by atoms with Gasteiger partial charge in [-0.05, 0) is 53.9 Å². The van der Waals surface area contributed by atoms with Crippen molar-refractivity contribution < 1.29 is 28.2 Å². The number of hydrogen-bond acceptors (Lipinski definition) is 3. The van der Waals surface area contributed by atoms with Gasteiger partial charge in [-0.15, -0.1) is 0 Å². The minimum absolute atomic E-state index is 0.0796. The molecule has 4 rings (SSSR count). The molecule has 0 radical (unpaired) electrons. The molecule has 1 aromatic heterocycles. The first kappa shape index (κ1) is 20.7. The average molecular weight is 444 g/mol. The van der Waals surface area contributed by atoms with Gasteiger partial charge >= 0.3 is 6.16 Å². The molecule has 0 spiro atoms. The van der Waals surface area contributed by atoms with Crippen LogP contribution in [0.15, 0.2) is 66.9 Å². The van der Waals surface area contributed by atoms with E-state index in [0.29, 0.717) is 17.3 Å². The molecule has 0 saturated heterocycles. The molecule has 5 nitrogen and oxygen atoms in total. The fraction of sp³-hybridized carbons (Fsp3) is 0.0870. The van der Waals surface area contributed by atoms with Crippen LogP contribution in [0.5, 0.6) is 11.5 Å². The molecule has 158 valence electrons. The molecule has 0 bridgehead atoms. The molecule has 1 N–H and O–H groups in total. The van der Waals surface area contributed by atoms with E-state index in [0.717, 1.165) is 22.5 Å². The van der Waals surface area contributed by atoms with Crippen LogP contribution in [0.2, 0.25) is 5.02 Å². The number of carbonyl (C=O) groups is 1. The van der Waals surface area contributed by atoms with Crippen LogP contribution in [-0.4, -0.2) is 15.8 Å². The van der Waals surface area contributed by atoms with Crippen LogP contribution >= 0.6 is 11.6 Å². The first-order chi connectivity index (χ1) is 14.9. The number of carboxylic acid groups (broad SMARTS) is 1. The summed E-state index contributed by atoms with van der Waals surface area (Å²) in [5.41, 5.74) is 1.72. The quantitative estimate of drug-likeness (QED) is 0.282. The fourth-order valence-corrected chi connectivity index (χ4v) is 3.45. The zero-order valence-corrected chi connectivity index (χ0v) is 16.8. The number of halogens is 3. The maximum Gasteiger partial charge on any atom is 0.511 e. The highest BCUT2D eigenvalue weighted by Gasteiger charge is 2.12. The SMILES string of the molecule is O=C(O)Oc1ccc2ccn(Cc3cc(Cl)ccc3OCc3ccc(F)cc3F)c2c1. The van der Waals surface area contributed by atoms with Gasteiger partial charge in [0.2, 0.25) is 0 Å². The van der Waals surface area contributed by atoms with E-state index in [4.69, 9.17) is 26.2 Å². The van der Waals surface area contributed by atoms with Crippen molar-refractivity contribution in [2.45, 2.75) is 13.2 Å². The van der Waals surface area contributed by atoms with Crippen molar-refractivity contribution in [3.63, 3.8) is 0 Å². The first-order valence-electron chi connectivity index (χ1n) is 9.24. The molecule has 31 heavy (non-hydrogen) atoms. The maximum absolute atomic E-state index is 13.9. The van der Waals surface area contributed by atoms with Gasteiger partial charge in [0, 0.05) is 34.5 Å². The first-order valence-corrected chi connectivity index (χ1v) is 9.61. The Labute approximate surface area is 181 Å². The second kappa shape index (κ2) is 8.65. The molecular weight excluding hydrogens is 428 g/mol. The number of hydrogen-bond donors (Lipinski definition) is 1. The summed E-state index contributed by atoms with van der Waals surface area (Å²) in [6, 6.07) is 15.3. The Morgan fingerprint density at radius 2 is 1.84 bits per heavy atom. The van der Waals surface area contributed by atoms with E-state index < -0.39 is 17.8 Å². The molecule has 8 heteroatoms. The second-order valence-corrected chi connectivity index (χ2v) is 7.25. The third kappa shape index (κ3) is 4.78. The minimum Gasteiger partial charge on any atom is -0.488 e. The van der Waals surface area contributed by atoms with E-state index in [-0.39, 0.29) is 17.9 Å². The Morgan fingerprint density at radius 1 is 1.00 bits per heavy atom. The van der Waals surface area contributed by atoms with Crippen molar-refractivity contribution in [3.8, 4) is 11.5 Å². The number of ether oxygens (including phenoxy) is 2. The Bertz CT molecular complexity index is 1270. The third-order valence-electron chi connectivity index (χ3n) is 4.71. The van der Waals surface area contributed by atoms with E-state index in [1.165, 1.54) is 12.1 Å². The van der Waals surface area contributed by atoms with Crippen molar-refractivity contribution >= 4 is 28.7 Å². The molecule has 3 aromatic carbocycles. The van der Waals surface area contributed by atoms with Gasteiger partial charge in [-0.3, -0.25) is 0 Å². The molecule has 0 unspecified atom stereocenters. The van der Waals surface area contributed by atoms with E-state index in [1.807, 2.05) is 16.8 Å². The standard InChI is InChI=1S/C23H16ClF2NO4/c24-17-3-6-22(30-13-15-1-4-18(25)10-20(15)26)16(9-17)12-27-8-7-14-2-5-19(11-21(14)27)31-23(28)29/h1-11H,12-13H2,(H,28,29). The molecule has 1 heterocycles. The zero-order valence-electron chi connectivity index (χ0n) is 16.0. The van der Waals surface area contributed by atoms with Gasteiger partial charge in [0.15, 0.2) is 0 Å². The van der Waals surface area contributed by atoms with Gasteiger partial charge in [-0.2, -0.15) is 0 Å². The predicted octanol–water partition coefficient (Wildman–Crippen LogP) is 6.26. The van der Waals surface area contributed by atoms with Crippen molar-refractivity contribution in [3.05, 3.63) is 94.6 Å². The summed E-state index contributed by atoms with van der Waals surface area (Å²) in [6.07, 6.45) is 0.454. The molecule has 0 aliphatic rings. The largest absolute Gasteiger partial charge is 0.511 e. The summed E-state index contributed by atoms with van der Waals surface area (Å²) in [5, 5.41) is 10.2. The van der Waals surface area contributed by atoms with Crippen molar-refractivity contribution in [2.24, 2.45) is 0 Å². The van der Waals surface area contributed by atoms with Crippen LogP contribution in [0.4, 0.5) is 13.6 Å². The predicted molar refractivity (Wildman–Crippen MR) is 112 cm³/mol. The normalized spacial score (nSPS) is 10.9. The molecule has 0 fully saturated rings. The monoisotopic (exact) mass is 443 g/mol. The Hall–Kier alpha value is -3.58. The van der Waals surface area contributed by atoms with E-state index in [1.54, 1.807) is 36.4 Å². The number of aromatic nitrogens is 1. The summed E-state index contributed by atoms with van der Waals surface area (Å²) in [5.74, 6) is -0.640. The molecule has 0 amide bonds. The topological polar surface area (TPSA) is 60.7 Å². The number of nitrogens with zero attached hydrogens (tertiary/aromatic N) is 1. The number of fused-ring (bicyclic) bond motifs is 1. The summed E-state index contributed by atoms with van der Waals surface area (Å²) < 4.78 is 39.5. The second-order valence-electron chi connectivity index (χ2n) is 6.81. The Balaban J connectivity index is 1.61. The van der Waals surface area contributed by atoms with E-state index in [2.05, 4.69) is 0 Å². The van der Waals surface area contributed by atoms with Crippen LogP contribution in [0.1, 0.15) is 11.1 Å². The van der Waals surface area contributed by atoms with Gasteiger partial charge in [-0.1, -0.05) is 11.6 Å². The molecule has 0 aliphatic heterocycles. The Kier molecular flexibility index (Phi) is 5.77. The lowest BCUT2D eigenvalue weighted by Gasteiger charge is -2.14. The lowest BCUT2D eigenvalue weighted by molar-refractivity contribution is 0.144. The van der Waals surface area contributed by atoms with Crippen LogP contribution < -0.4 is 9.47 Å². The van der Waals surface area contributed by atoms with Crippen molar-refractivity contribution in [1.29, 1.82) is 0 Å². The van der Waals surface area contributed by atoms with E-state index >= 15 is 0 Å². The molecule has 0 atom stereocenters. The van der Waals surface area contributed by atoms with E-state index in [9.17, 15) is 13.6 Å². The zero-order chi connectivity index (χ0) is 22.0. The van der Waals surface area contributed by atoms with Gasteiger partial charge in [0.05, 0.1) is 12.1 Å². The van der Waals surface area contributed by atoms with Crippen LogP contribution in [0.25, 0.3) is 10.9 Å². The van der Waals surface area contributed by atoms with Crippen molar-refractivity contribution in [1.82, 2.24) is 4.57 Å². The molecule has 0 aliphatic carbocycles. The summed E-state index contributed by atoms with van der Waals surface area (Å²) in [7, 11) is 0. The van der Waals surface area contributed by atoms with Crippen LogP contribution in [-0.2, 0) is 13.2 Å². The lowest BCUT2D eigenvalue weighted by atomic mass is 10.2. The number of benzene rings is 3. The smallest absolute Gasteiger partial charge is 0.488 e. The van der Waals surface area contributed by atoms with Crippen LogP contribution in [0, 0.1) is 11.6 Å². The van der Waals surface area contributed by atoms with Crippen LogP contribution in [0.3, 0.4) is 0 Å². The summed E-state index contributed by atoms with van der Waals surface area (Å²) in [4.78, 5) is 10.8. The minimum atomic E-state index is -1.39. The number of rotatable bonds is 6. The summed E-state index contributed by atoms with van der Waals surface area (Å²) >= 11 is 6.17. The molecular formula is C23H16ClF2NO4. The van der Waals surface area contributed by atoms with Gasteiger partial charge in [-0.25, -0.2) is 13.6 Å². The van der Waals surface area contributed by atoms with Gasteiger partial charge in [0.25, 0.3) is 0 Å². The highest BCUT2D eigenvalue weighted by Crippen LogP contribution is 2.28. The summed E-state index contributed by atoms with van der Waals surface area (Å²) in [6.45, 7) is 0.283. The highest BCUT2D eigenvalue weighted by atomic mass is 35.5. The maximum atomic E-state index is 13.9. The lowest BCUT2D eigenvalue weighted by Crippen LogP contribution is -2.05. The van der Waals surface area contributed by atoms with Gasteiger partial charge in [0.1, 0.15) is 29.7 Å². The molecule has 0 saturated carbocycles. The molecule has 4 aromatic rings. The Morgan fingerprint density at radius 3 is 2.61 bits per heavy atom. The average Bonchev–Trinajstić information content (AvgIpc) is 3.10. The fourth-order valence-electron chi connectivity index (χ4n) is 3.26. The van der Waals surface area contributed by atoms with Gasteiger partial charge < -0.3 is 19.1 Å². The third-order valence-corrected chi connectivity index (χ3v) is 4.95. The highest BCUT2D eigenvalue weighted by molar-refractivity contribution is 6.30. The van der Waals surface area contributed by atoms with Crippen molar-refractivity contribution in [2.75, 3.05) is 0 Å².